The number of carboxylic acid groups (broad SMARTS) is 1. The van der Waals surface area contributed by atoms with Gasteiger partial charge in [0.2, 0.25) is 0 Å². The molecule has 88 valence electrons. The highest BCUT2D eigenvalue weighted by atomic mass is 16.5. The van der Waals surface area contributed by atoms with E-state index in [1.165, 1.54) is 12.1 Å². The highest BCUT2D eigenvalue weighted by Crippen LogP contribution is 2.22. The summed E-state index contributed by atoms with van der Waals surface area (Å²) in [6, 6.07) is 4.37. The van der Waals surface area contributed by atoms with Crippen LogP contribution in [0.15, 0.2) is 18.2 Å². The summed E-state index contributed by atoms with van der Waals surface area (Å²) in [5.74, 6) is -0.530. The molecule has 0 atom stereocenters. The molecule has 0 amide bonds. The molecular weight excluding hydrogens is 210 g/mol. The van der Waals surface area contributed by atoms with Crippen LogP contribution in [0.4, 0.5) is 5.69 Å². The van der Waals surface area contributed by atoms with Gasteiger partial charge in [-0.3, -0.25) is 0 Å². The van der Waals surface area contributed by atoms with Crippen LogP contribution in [0.1, 0.15) is 17.3 Å². The first kappa shape index (κ1) is 12.3. The lowest BCUT2D eigenvalue weighted by atomic mass is 10.2. The highest BCUT2D eigenvalue weighted by molar-refractivity contribution is 5.89. The van der Waals surface area contributed by atoms with E-state index in [0.717, 1.165) is 0 Å². The minimum Gasteiger partial charge on any atom is -0.489 e. The number of hydrogen-bond acceptors (Lipinski definition) is 4. The second kappa shape index (κ2) is 5.97. The standard InChI is InChI=1S/C11H15NO4/c1-2-15-5-6-16-10-4-3-8(11(13)14)7-9(10)12/h3-4,7H,2,5-6,12H2,1H3,(H,13,14). The van der Waals surface area contributed by atoms with E-state index in [-0.39, 0.29) is 5.56 Å². The molecule has 0 saturated heterocycles. The van der Waals surface area contributed by atoms with Gasteiger partial charge in [-0.15, -0.1) is 0 Å². The first-order chi connectivity index (χ1) is 7.65. The molecule has 0 aliphatic rings. The monoisotopic (exact) mass is 225 g/mol. The summed E-state index contributed by atoms with van der Waals surface area (Å²) in [7, 11) is 0. The molecule has 5 heteroatoms. The van der Waals surface area contributed by atoms with Gasteiger partial charge in [0.25, 0.3) is 0 Å². The smallest absolute Gasteiger partial charge is 0.335 e. The number of benzene rings is 1. The van der Waals surface area contributed by atoms with Crippen LogP contribution in [-0.2, 0) is 4.74 Å². The topological polar surface area (TPSA) is 81.8 Å². The Labute approximate surface area is 93.8 Å². The molecule has 16 heavy (non-hydrogen) atoms. The summed E-state index contributed by atoms with van der Waals surface area (Å²) in [5.41, 5.74) is 6.11. The highest BCUT2D eigenvalue weighted by Gasteiger charge is 2.06. The van der Waals surface area contributed by atoms with E-state index in [4.69, 9.17) is 20.3 Å². The zero-order valence-electron chi connectivity index (χ0n) is 9.10. The molecule has 0 aliphatic carbocycles. The zero-order chi connectivity index (χ0) is 12.0. The predicted molar refractivity (Wildman–Crippen MR) is 59.8 cm³/mol. The van der Waals surface area contributed by atoms with E-state index >= 15 is 0 Å². The molecule has 0 fully saturated rings. The van der Waals surface area contributed by atoms with Gasteiger partial charge in [0, 0.05) is 6.61 Å². The van der Waals surface area contributed by atoms with Gasteiger partial charge in [0.15, 0.2) is 0 Å². The zero-order valence-corrected chi connectivity index (χ0v) is 9.10. The van der Waals surface area contributed by atoms with E-state index < -0.39 is 5.97 Å². The average Bonchev–Trinajstić information content (AvgIpc) is 2.26. The van der Waals surface area contributed by atoms with Crippen molar-refractivity contribution in [2.24, 2.45) is 0 Å². The van der Waals surface area contributed by atoms with Crippen molar-refractivity contribution in [2.45, 2.75) is 6.92 Å². The molecule has 1 aromatic carbocycles. The largest absolute Gasteiger partial charge is 0.489 e. The molecule has 0 unspecified atom stereocenters. The van der Waals surface area contributed by atoms with Crippen molar-refractivity contribution in [3.8, 4) is 5.75 Å². The number of hydrogen-bond donors (Lipinski definition) is 2. The van der Waals surface area contributed by atoms with Crippen molar-refractivity contribution >= 4 is 11.7 Å². The molecule has 0 bridgehead atoms. The van der Waals surface area contributed by atoms with Crippen LogP contribution in [-0.4, -0.2) is 30.9 Å². The third-order valence-corrected chi connectivity index (χ3v) is 1.95. The third-order valence-electron chi connectivity index (χ3n) is 1.95. The fourth-order valence-electron chi connectivity index (χ4n) is 1.17. The van der Waals surface area contributed by atoms with Crippen molar-refractivity contribution in [3.63, 3.8) is 0 Å². The van der Waals surface area contributed by atoms with E-state index in [9.17, 15) is 4.79 Å². The number of ether oxygens (including phenoxy) is 2. The number of nitrogen functional groups attached to an aromatic ring is 1. The molecular formula is C11H15NO4. The molecule has 0 saturated carbocycles. The lowest BCUT2D eigenvalue weighted by Crippen LogP contribution is -2.08. The van der Waals surface area contributed by atoms with Crippen LogP contribution in [0, 0.1) is 0 Å². The maximum Gasteiger partial charge on any atom is 0.335 e. The summed E-state index contributed by atoms with van der Waals surface area (Å²) >= 11 is 0. The van der Waals surface area contributed by atoms with Gasteiger partial charge in [-0.2, -0.15) is 0 Å². The normalized spacial score (nSPS) is 10.1. The number of aromatic carboxylic acids is 1. The Morgan fingerprint density at radius 1 is 1.44 bits per heavy atom. The molecule has 0 heterocycles. The summed E-state index contributed by atoms with van der Waals surface area (Å²) in [4.78, 5) is 10.6. The van der Waals surface area contributed by atoms with Gasteiger partial charge in [0.05, 0.1) is 17.9 Å². The third kappa shape index (κ3) is 3.43. The number of rotatable bonds is 6. The van der Waals surface area contributed by atoms with Crippen LogP contribution >= 0.6 is 0 Å². The first-order valence-corrected chi connectivity index (χ1v) is 4.98. The fraction of sp³-hybridized carbons (Fsp3) is 0.364. The Morgan fingerprint density at radius 2 is 2.19 bits per heavy atom. The van der Waals surface area contributed by atoms with Crippen molar-refractivity contribution in [1.29, 1.82) is 0 Å². The van der Waals surface area contributed by atoms with Crippen LogP contribution in [0.5, 0.6) is 5.75 Å². The van der Waals surface area contributed by atoms with Crippen molar-refractivity contribution in [2.75, 3.05) is 25.6 Å². The second-order valence-electron chi connectivity index (χ2n) is 3.10. The minimum absolute atomic E-state index is 0.148. The average molecular weight is 225 g/mol. The molecule has 0 radical (unpaired) electrons. The van der Waals surface area contributed by atoms with Gasteiger partial charge in [-0.25, -0.2) is 4.79 Å². The number of anilines is 1. The quantitative estimate of drug-likeness (QED) is 0.564. The summed E-state index contributed by atoms with van der Waals surface area (Å²) in [5, 5.41) is 8.73. The van der Waals surface area contributed by atoms with E-state index in [0.29, 0.717) is 31.3 Å². The summed E-state index contributed by atoms with van der Waals surface area (Å²) in [6.07, 6.45) is 0. The van der Waals surface area contributed by atoms with E-state index in [1.807, 2.05) is 6.92 Å². The Hall–Kier alpha value is -1.75. The van der Waals surface area contributed by atoms with Gasteiger partial charge in [-0.05, 0) is 25.1 Å². The van der Waals surface area contributed by atoms with Crippen LogP contribution in [0.2, 0.25) is 0 Å². The number of nitrogens with two attached hydrogens (primary N) is 1. The molecule has 3 N–H and O–H groups in total. The Kier molecular flexibility index (Phi) is 4.60. The Balaban J connectivity index is 2.57. The Morgan fingerprint density at radius 3 is 2.75 bits per heavy atom. The predicted octanol–water partition coefficient (Wildman–Crippen LogP) is 1.38. The van der Waals surface area contributed by atoms with Crippen molar-refractivity contribution < 1.29 is 19.4 Å². The van der Waals surface area contributed by atoms with Gasteiger partial charge in [-0.1, -0.05) is 0 Å². The van der Waals surface area contributed by atoms with Crippen LogP contribution in [0.25, 0.3) is 0 Å². The van der Waals surface area contributed by atoms with Gasteiger partial charge in [0.1, 0.15) is 12.4 Å². The lowest BCUT2D eigenvalue weighted by molar-refractivity contribution is 0.0697. The van der Waals surface area contributed by atoms with Gasteiger partial charge < -0.3 is 20.3 Å². The van der Waals surface area contributed by atoms with E-state index in [2.05, 4.69) is 0 Å². The van der Waals surface area contributed by atoms with Crippen molar-refractivity contribution in [3.05, 3.63) is 23.8 Å². The summed E-state index contributed by atoms with van der Waals surface area (Å²) in [6.45, 7) is 3.41. The molecule has 1 rings (SSSR count). The summed E-state index contributed by atoms with van der Waals surface area (Å²) < 4.78 is 10.4. The molecule has 1 aromatic rings. The fourth-order valence-corrected chi connectivity index (χ4v) is 1.17. The molecule has 5 nitrogen and oxygen atoms in total. The second-order valence-corrected chi connectivity index (χ2v) is 3.10. The SMILES string of the molecule is CCOCCOc1ccc(C(=O)O)cc1N. The molecule has 0 aromatic heterocycles. The maximum atomic E-state index is 10.6. The number of carbonyl (C=O) groups is 1. The number of carboxylic acids is 1. The Bertz CT molecular complexity index is 365. The van der Waals surface area contributed by atoms with Crippen LogP contribution < -0.4 is 10.5 Å². The molecule has 0 spiro atoms. The van der Waals surface area contributed by atoms with Crippen molar-refractivity contribution in [1.82, 2.24) is 0 Å². The first-order valence-electron chi connectivity index (χ1n) is 4.98. The lowest BCUT2D eigenvalue weighted by Gasteiger charge is -2.09. The van der Waals surface area contributed by atoms with Crippen LogP contribution in [0.3, 0.4) is 0 Å². The molecule has 0 aliphatic heterocycles. The van der Waals surface area contributed by atoms with E-state index in [1.54, 1.807) is 6.07 Å². The van der Waals surface area contributed by atoms with Gasteiger partial charge >= 0.3 is 5.97 Å². The minimum atomic E-state index is -1.01. The maximum absolute atomic E-state index is 10.6.